The number of pyridine rings is 2. The third-order valence-electron chi connectivity index (χ3n) is 3.75. The van der Waals surface area contributed by atoms with Gasteiger partial charge in [0.15, 0.2) is 5.13 Å². The highest BCUT2D eigenvalue weighted by Crippen LogP contribution is 2.27. The lowest BCUT2D eigenvalue weighted by molar-refractivity contribution is 0.102. The van der Waals surface area contributed by atoms with Crippen LogP contribution < -0.4 is 10.6 Å². The molecule has 3 aromatic heterocycles. The van der Waals surface area contributed by atoms with Crippen LogP contribution in [0.4, 0.5) is 10.9 Å². The third kappa shape index (κ3) is 4.43. The van der Waals surface area contributed by atoms with E-state index in [0.29, 0.717) is 23.1 Å². The molecule has 3 aromatic rings. The van der Waals surface area contributed by atoms with Gasteiger partial charge >= 0.3 is 0 Å². The number of hydrogen-bond acceptors (Lipinski definition) is 6. The van der Waals surface area contributed by atoms with E-state index in [2.05, 4.69) is 46.4 Å². The second kappa shape index (κ2) is 7.61. The van der Waals surface area contributed by atoms with Crippen LogP contribution >= 0.6 is 11.3 Å². The minimum absolute atomic E-state index is 0.0506. The van der Waals surface area contributed by atoms with Crippen molar-refractivity contribution in [2.24, 2.45) is 0 Å². The second-order valence-corrected chi connectivity index (χ2v) is 7.71. The average Bonchev–Trinajstić information content (AvgIpc) is 3.10. The molecule has 0 atom stereocenters. The van der Waals surface area contributed by atoms with Crippen molar-refractivity contribution < 1.29 is 4.79 Å². The van der Waals surface area contributed by atoms with Crippen LogP contribution in [0.3, 0.4) is 0 Å². The molecule has 0 unspecified atom stereocenters. The molecule has 3 rings (SSSR count). The van der Waals surface area contributed by atoms with E-state index in [0.717, 1.165) is 11.3 Å². The summed E-state index contributed by atoms with van der Waals surface area (Å²) in [4.78, 5) is 25.5. The van der Waals surface area contributed by atoms with E-state index in [-0.39, 0.29) is 11.3 Å². The van der Waals surface area contributed by atoms with Crippen molar-refractivity contribution in [2.75, 3.05) is 10.6 Å². The Hall–Kier alpha value is -2.80. The SMILES string of the molecule is CC(C)(C)c1csc(NC(=O)c2cccnc2NCc2ccncc2)n1. The van der Waals surface area contributed by atoms with Gasteiger partial charge in [-0.15, -0.1) is 11.3 Å². The molecule has 26 heavy (non-hydrogen) atoms. The van der Waals surface area contributed by atoms with Crippen molar-refractivity contribution in [3.63, 3.8) is 0 Å². The molecular formula is C19H21N5OS. The molecule has 0 aromatic carbocycles. The summed E-state index contributed by atoms with van der Waals surface area (Å²) in [5.41, 5.74) is 2.45. The Morgan fingerprint density at radius 3 is 2.62 bits per heavy atom. The van der Waals surface area contributed by atoms with Crippen molar-refractivity contribution in [3.05, 3.63) is 65.1 Å². The maximum absolute atomic E-state index is 12.7. The summed E-state index contributed by atoms with van der Waals surface area (Å²) < 4.78 is 0. The van der Waals surface area contributed by atoms with Crippen LogP contribution in [0.15, 0.2) is 48.2 Å². The number of aromatic nitrogens is 3. The Morgan fingerprint density at radius 2 is 1.92 bits per heavy atom. The molecule has 1 amide bonds. The van der Waals surface area contributed by atoms with Gasteiger partial charge in [-0.05, 0) is 29.8 Å². The molecule has 3 heterocycles. The number of thiazole rings is 1. The molecule has 0 radical (unpaired) electrons. The fraction of sp³-hybridized carbons (Fsp3) is 0.263. The van der Waals surface area contributed by atoms with Gasteiger partial charge in [-0.3, -0.25) is 15.1 Å². The third-order valence-corrected chi connectivity index (χ3v) is 4.51. The normalized spacial score (nSPS) is 11.2. The Labute approximate surface area is 156 Å². The molecule has 0 aliphatic rings. The molecule has 0 fully saturated rings. The molecule has 0 saturated carbocycles. The van der Waals surface area contributed by atoms with Crippen molar-refractivity contribution in [3.8, 4) is 0 Å². The largest absolute Gasteiger partial charge is 0.365 e. The van der Waals surface area contributed by atoms with Crippen LogP contribution in [-0.2, 0) is 12.0 Å². The monoisotopic (exact) mass is 367 g/mol. The summed E-state index contributed by atoms with van der Waals surface area (Å²) >= 11 is 1.42. The molecule has 134 valence electrons. The van der Waals surface area contributed by atoms with Crippen LogP contribution in [0.5, 0.6) is 0 Å². The number of carbonyl (C=O) groups is 1. The van der Waals surface area contributed by atoms with Gasteiger partial charge in [0.05, 0.1) is 11.3 Å². The molecule has 6 nitrogen and oxygen atoms in total. The lowest BCUT2D eigenvalue weighted by Gasteiger charge is -2.14. The molecule has 2 N–H and O–H groups in total. The van der Waals surface area contributed by atoms with Crippen molar-refractivity contribution in [2.45, 2.75) is 32.7 Å². The van der Waals surface area contributed by atoms with E-state index in [1.807, 2.05) is 17.5 Å². The van der Waals surface area contributed by atoms with Crippen molar-refractivity contribution >= 4 is 28.2 Å². The second-order valence-electron chi connectivity index (χ2n) is 6.85. The molecule has 0 spiro atoms. The van der Waals surface area contributed by atoms with Gasteiger partial charge in [0.2, 0.25) is 0 Å². The van der Waals surface area contributed by atoms with Crippen LogP contribution in [0.25, 0.3) is 0 Å². The van der Waals surface area contributed by atoms with Crippen LogP contribution in [0.2, 0.25) is 0 Å². The zero-order valence-electron chi connectivity index (χ0n) is 15.0. The number of rotatable bonds is 5. The molecule has 0 aliphatic carbocycles. The molecule has 0 bridgehead atoms. The Morgan fingerprint density at radius 1 is 1.15 bits per heavy atom. The van der Waals surface area contributed by atoms with Crippen LogP contribution in [0, 0.1) is 0 Å². The van der Waals surface area contributed by atoms with Crippen molar-refractivity contribution in [1.82, 2.24) is 15.0 Å². The van der Waals surface area contributed by atoms with E-state index in [1.54, 1.807) is 30.7 Å². The number of amides is 1. The summed E-state index contributed by atoms with van der Waals surface area (Å²) in [6.45, 7) is 6.84. The fourth-order valence-electron chi connectivity index (χ4n) is 2.26. The maximum Gasteiger partial charge on any atom is 0.261 e. The summed E-state index contributed by atoms with van der Waals surface area (Å²) in [6, 6.07) is 7.32. The quantitative estimate of drug-likeness (QED) is 0.710. The van der Waals surface area contributed by atoms with Crippen molar-refractivity contribution in [1.29, 1.82) is 0 Å². The molecule has 0 aliphatic heterocycles. The minimum Gasteiger partial charge on any atom is -0.365 e. The minimum atomic E-state index is -0.231. The van der Waals surface area contributed by atoms with E-state index in [1.165, 1.54) is 11.3 Å². The lowest BCUT2D eigenvalue weighted by Crippen LogP contribution is -2.16. The highest BCUT2D eigenvalue weighted by atomic mass is 32.1. The zero-order valence-corrected chi connectivity index (χ0v) is 15.8. The van der Waals surface area contributed by atoms with Gasteiger partial charge < -0.3 is 5.32 Å². The number of hydrogen-bond donors (Lipinski definition) is 2. The Kier molecular flexibility index (Phi) is 5.27. The summed E-state index contributed by atoms with van der Waals surface area (Å²) in [5.74, 6) is 0.305. The molecule has 0 saturated heterocycles. The fourth-order valence-corrected chi connectivity index (χ4v) is 3.19. The molecule has 7 heteroatoms. The van der Waals surface area contributed by atoms with Crippen LogP contribution in [0.1, 0.15) is 42.4 Å². The zero-order chi connectivity index (χ0) is 18.6. The van der Waals surface area contributed by atoms with Gasteiger partial charge in [0.25, 0.3) is 5.91 Å². The first-order chi connectivity index (χ1) is 12.4. The lowest BCUT2D eigenvalue weighted by atomic mass is 9.93. The smallest absolute Gasteiger partial charge is 0.261 e. The van der Waals surface area contributed by atoms with E-state index in [4.69, 9.17) is 0 Å². The van der Waals surface area contributed by atoms with E-state index >= 15 is 0 Å². The Bertz CT molecular complexity index is 886. The first-order valence-corrected chi connectivity index (χ1v) is 9.16. The van der Waals surface area contributed by atoms with Gasteiger partial charge in [-0.25, -0.2) is 9.97 Å². The standard InChI is InChI=1S/C19H21N5OS/c1-19(2,3)15-12-26-18(23-15)24-17(25)14-5-4-8-21-16(14)22-11-13-6-9-20-10-7-13/h4-10,12H,11H2,1-3H3,(H,21,22)(H,23,24,25). The van der Waals surface area contributed by atoms with Gasteiger partial charge in [0.1, 0.15) is 5.82 Å². The summed E-state index contributed by atoms with van der Waals surface area (Å²) in [7, 11) is 0. The van der Waals surface area contributed by atoms with Gasteiger partial charge in [-0.1, -0.05) is 20.8 Å². The predicted molar refractivity (Wildman–Crippen MR) is 105 cm³/mol. The number of nitrogens with one attached hydrogen (secondary N) is 2. The van der Waals surface area contributed by atoms with Gasteiger partial charge in [-0.2, -0.15) is 0 Å². The first-order valence-electron chi connectivity index (χ1n) is 8.28. The Balaban J connectivity index is 1.72. The molecular weight excluding hydrogens is 346 g/mol. The number of carbonyl (C=O) groups excluding carboxylic acids is 1. The summed E-state index contributed by atoms with van der Waals surface area (Å²) in [6.07, 6.45) is 5.13. The highest BCUT2D eigenvalue weighted by Gasteiger charge is 2.19. The number of nitrogens with zero attached hydrogens (tertiary/aromatic N) is 3. The van der Waals surface area contributed by atoms with Crippen LogP contribution in [-0.4, -0.2) is 20.9 Å². The number of anilines is 2. The highest BCUT2D eigenvalue weighted by molar-refractivity contribution is 7.14. The van der Waals surface area contributed by atoms with E-state index in [9.17, 15) is 4.79 Å². The predicted octanol–water partition coefficient (Wildman–Crippen LogP) is 4.10. The van der Waals surface area contributed by atoms with E-state index < -0.39 is 0 Å². The average molecular weight is 367 g/mol. The topological polar surface area (TPSA) is 79.8 Å². The summed E-state index contributed by atoms with van der Waals surface area (Å²) in [5, 5.41) is 8.64. The first kappa shape index (κ1) is 18.0. The maximum atomic E-state index is 12.7. The van der Waals surface area contributed by atoms with Gasteiger partial charge in [0, 0.05) is 35.9 Å².